The van der Waals surface area contributed by atoms with Gasteiger partial charge in [0.1, 0.15) is 0 Å². The summed E-state index contributed by atoms with van der Waals surface area (Å²) in [6.45, 7) is 4.04. The molecule has 1 N–H and O–H groups in total. The molecule has 0 spiro atoms. The molecule has 5 nitrogen and oxygen atoms in total. The van der Waals surface area contributed by atoms with E-state index in [4.69, 9.17) is 0 Å². The van der Waals surface area contributed by atoms with Gasteiger partial charge >= 0.3 is 0 Å². The highest BCUT2D eigenvalue weighted by atomic mass is 32.2. The number of amides is 1. The summed E-state index contributed by atoms with van der Waals surface area (Å²) in [5.74, 6) is -0.273. The van der Waals surface area contributed by atoms with Gasteiger partial charge in [-0.1, -0.05) is 19.3 Å². The van der Waals surface area contributed by atoms with Gasteiger partial charge < -0.3 is 5.32 Å². The van der Waals surface area contributed by atoms with E-state index in [2.05, 4.69) is 5.32 Å². The van der Waals surface area contributed by atoms with Crippen LogP contribution in [0.5, 0.6) is 0 Å². The molecule has 2 aliphatic rings. The molecule has 0 radical (unpaired) electrons. The highest BCUT2D eigenvalue weighted by molar-refractivity contribution is 7.94. The van der Waals surface area contributed by atoms with E-state index in [-0.39, 0.29) is 5.91 Å². The SMILES string of the molecule is CC1(C)C(=O)N(CCCNC2CCCCC2)S1(=O)=O. The summed E-state index contributed by atoms with van der Waals surface area (Å²) in [6.07, 6.45) is 7.02. The van der Waals surface area contributed by atoms with Crippen molar-refractivity contribution in [1.29, 1.82) is 0 Å². The number of carbonyl (C=O) groups is 1. The first-order valence-corrected chi connectivity index (χ1v) is 8.61. The van der Waals surface area contributed by atoms with Gasteiger partial charge in [-0.25, -0.2) is 12.7 Å². The Labute approximate surface area is 115 Å². The van der Waals surface area contributed by atoms with E-state index in [1.165, 1.54) is 46.0 Å². The monoisotopic (exact) mass is 288 g/mol. The fourth-order valence-corrected chi connectivity index (χ4v) is 4.38. The van der Waals surface area contributed by atoms with Gasteiger partial charge in [-0.2, -0.15) is 0 Å². The third-order valence-corrected chi connectivity index (χ3v) is 6.65. The van der Waals surface area contributed by atoms with E-state index < -0.39 is 14.8 Å². The molecule has 0 bridgehead atoms. The van der Waals surface area contributed by atoms with Gasteiger partial charge in [0.05, 0.1) is 0 Å². The maximum atomic E-state index is 11.9. The van der Waals surface area contributed by atoms with E-state index in [9.17, 15) is 13.2 Å². The summed E-state index contributed by atoms with van der Waals surface area (Å²) in [4.78, 5) is 11.7. The Morgan fingerprint density at radius 2 is 1.89 bits per heavy atom. The summed E-state index contributed by atoms with van der Waals surface area (Å²) in [7, 11) is -3.40. The minimum absolute atomic E-state index is 0.273. The van der Waals surface area contributed by atoms with Crippen LogP contribution in [0.15, 0.2) is 0 Å². The number of nitrogens with one attached hydrogen (secondary N) is 1. The molecule has 0 aromatic rings. The van der Waals surface area contributed by atoms with Crippen LogP contribution < -0.4 is 5.32 Å². The molecule has 0 aromatic carbocycles. The number of carbonyl (C=O) groups excluding carboxylic acids is 1. The van der Waals surface area contributed by atoms with Gasteiger partial charge in [0.25, 0.3) is 15.9 Å². The third kappa shape index (κ3) is 2.65. The van der Waals surface area contributed by atoms with Gasteiger partial charge in [-0.15, -0.1) is 0 Å². The van der Waals surface area contributed by atoms with Crippen molar-refractivity contribution in [3.8, 4) is 0 Å². The fourth-order valence-electron chi connectivity index (χ4n) is 2.81. The lowest BCUT2D eigenvalue weighted by molar-refractivity contribution is -0.132. The Morgan fingerprint density at radius 3 is 2.47 bits per heavy atom. The second-order valence-corrected chi connectivity index (χ2v) is 8.45. The summed E-state index contributed by atoms with van der Waals surface area (Å²) in [5, 5.41) is 3.46. The van der Waals surface area contributed by atoms with E-state index in [1.807, 2.05) is 0 Å². The van der Waals surface area contributed by atoms with Crippen LogP contribution in [0.4, 0.5) is 0 Å². The average Bonchev–Trinajstić information content (AvgIpc) is 2.38. The molecule has 1 saturated heterocycles. The van der Waals surface area contributed by atoms with Crippen molar-refractivity contribution < 1.29 is 13.2 Å². The van der Waals surface area contributed by atoms with Crippen LogP contribution in [0.25, 0.3) is 0 Å². The molecule has 6 heteroatoms. The Kier molecular flexibility index (Phi) is 4.20. The van der Waals surface area contributed by atoms with E-state index >= 15 is 0 Å². The highest BCUT2D eigenvalue weighted by Gasteiger charge is 2.59. The topological polar surface area (TPSA) is 66.5 Å². The van der Waals surface area contributed by atoms with Crippen LogP contribution in [0.3, 0.4) is 0 Å². The zero-order valence-corrected chi connectivity index (χ0v) is 12.6. The molecule has 19 heavy (non-hydrogen) atoms. The first-order chi connectivity index (χ1) is 8.87. The second kappa shape index (κ2) is 5.40. The lowest BCUT2D eigenvalue weighted by Crippen LogP contribution is -2.67. The van der Waals surface area contributed by atoms with Gasteiger partial charge in [-0.3, -0.25) is 4.79 Å². The zero-order chi connectivity index (χ0) is 14.1. The molecular formula is C13H24N2O3S. The summed E-state index contributed by atoms with van der Waals surface area (Å²) in [6, 6.07) is 0.578. The molecule has 1 amide bonds. The maximum Gasteiger partial charge on any atom is 0.258 e. The minimum Gasteiger partial charge on any atom is -0.314 e. The molecule has 0 atom stereocenters. The quantitative estimate of drug-likeness (QED) is 0.773. The average molecular weight is 288 g/mol. The number of nitrogens with zero attached hydrogens (tertiary/aromatic N) is 1. The Morgan fingerprint density at radius 1 is 1.26 bits per heavy atom. The van der Waals surface area contributed by atoms with Crippen molar-refractivity contribution in [1.82, 2.24) is 9.62 Å². The van der Waals surface area contributed by atoms with Crippen molar-refractivity contribution in [2.45, 2.75) is 63.2 Å². The van der Waals surface area contributed by atoms with Crippen LogP contribution >= 0.6 is 0 Å². The van der Waals surface area contributed by atoms with Gasteiger partial charge in [0, 0.05) is 12.6 Å². The predicted octanol–water partition coefficient (Wildman–Crippen LogP) is 1.25. The van der Waals surface area contributed by atoms with Crippen molar-refractivity contribution in [3.05, 3.63) is 0 Å². The molecule has 1 heterocycles. The predicted molar refractivity (Wildman–Crippen MR) is 74.2 cm³/mol. The van der Waals surface area contributed by atoms with E-state index in [1.54, 1.807) is 0 Å². The molecule has 0 aromatic heterocycles. The largest absolute Gasteiger partial charge is 0.314 e. The second-order valence-electron chi connectivity index (χ2n) is 6.04. The van der Waals surface area contributed by atoms with Gasteiger partial charge in [0.15, 0.2) is 4.75 Å². The Hall–Kier alpha value is -0.620. The first-order valence-electron chi connectivity index (χ1n) is 7.17. The zero-order valence-electron chi connectivity index (χ0n) is 11.8. The van der Waals surface area contributed by atoms with Crippen LogP contribution in [-0.2, 0) is 14.8 Å². The molecule has 1 aliphatic heterocycles. The van der Waals surface area contributed by atoms with E-state index in [0.717, 1.165) is 10.8 Å². The summed E-state index contributed by atoms with van der Waals surface area (Å²) in [5.41, 5.74) is 0. The molecule has 1 saturated carbocycles. The van der Waals surface area contributed by atoms with Crippen LogP contribution in [-0.4, -0.2) is 42.5 Å². The van der Waals surface area contributed by atoms with Crippen molar-refractivity contribution in [2.75, 3.05) is 13.1 Å². The lowest BCUT2D eigenvalue weighted by atomic mass is 9.95. The smallest absolute Gasteiger partial charge is 0.258 e. The molecule has 0 unspecified atom stereocenters. The minimum atomic E-state index is -3.40. The van der Waals surface area contributed by atoms with Crippen molar-refractivity contribution in [3.63, 3.8) is 0 Å². The standard InChI is InChI=1S/C13H24N2O3S/c1-13(2)12(16)15(19(13,17)18)10-6-9-14-11-7-4-3-5-8-11/h11,14H,3-10H2,1-2H3. The summed E-state index contributed by atoms with van der Waals surface area (Å²) < 4.78 is 23.5. The number of hydrogen-bond donors (Lipinski definition) is 1. The highest BCUT2D eigenvalue weighted by Crippen LogP contribution is 2.34. The van der Waals surface area contributed by atoms with E-state index in [0.29, 0.717) is 19.0 Å². The molecule has 110 valence electrons. The van der Waals surface area contributed by atoms with Gasteiger partial charge in [0.2, 0.25) is 0 Å². The Balaban J connectivity index is 1.71. The van der Waals surface area contributed by atoms with Crippen LogP contribution in [0.1, 0.15) is 52.4 Å². The first kappa shape index (κ1) is 14.8. The number of hydrogen-bond acceptors (Lipinski definition) is 4. The van der Waals surface area contributed by atoms with Crippen LogP contribution in [0, 0.1) is 0 Å². The number of rotatable bonds is 5. The van der Waals surface area contributed by atoms with Gasteiger partial charge in [-0.05, 0) is 39.7 Å². The van der Waals surface area contributed by atoms with Crippen molar-refractivity contribution >= 4 is 15.9 Å². The van der Waals surface area contributed by atoms with Crippen LogP contribution in [0.2, 0.25) is 0 Å². The molecule has 2 fully saturated rings. The Bertz CT molecular complexity index is 439. The maximum absolute atomic E-state index is 11.9. The van der Waals surface area contributed by atoms with Crippen molar-refractivity contribution in [2.24, 2.45) is 0 Å². The number of sulfonamides is 1. The molecular weight excluding hydrogens is 264 g/mol. The molecule has 2 rings (SSSR count). The lowest BCUT2D eigenvalue weighted by Gasteiger charge is -2.43. The molecule has 1 aliphatic carbocycles. The fraction of sp³-hybridized carbons (Fsp3) is 0.923. The summed E-state index contributed by atoms with van der Waals surface area (Å²) >= 11 is 0. The third-order valence-electron chi connectivity index (χ3n) is 4.25. The normalized spacial score (nSPS) is 26.2.